The minimum Gasteiger partial charge on any atom is -0.394 e. The highest BCUT2D eigenvalue weighted by atomic mass is 35.5. The van der Waals surface area contributed by atoms with Gasteiger partial charge in [0.05, 0.1) is 23.6 Å². The molecule has 0 aliphatic rings. The topological polar surface area (TPSA) is 76.7 Å². The number of aryl methyl sites for hydroxylation is 2. The van der Waals surface area contributed by atoms with Gasteiger partial charge in [0.2, 0.25) is 5.28 Å². The fraction of sp³-hybridized carbons (Fsp3) is 0.250. The van der Waals surface area contributed by atoms with Crippen LogP contribution >= 0.6 is 11.6 Å². The fourth-order valence-electron chi connectivity index (χ4n) is 1.55. The van der Waals surface area contributed by atoms with Gasteiger partial charge in [0.15, 0.2) is 5.82 Å². The summed E-state index contributed by atoms with van der Waals surface area (Å²) in [7, 11) is 0. The predicted octanol–water partition coefficient (Wildman–Crippen LogP) is 2.34. The van der Waals surface area contributed by atoms with Crippen LogP contribution in [-0.2, 0) is 6.54 Å². The van der Waals surface area contributed by atoms with Crippen LogP contribution < -0.4 is 11.1 Å². The molecule has 0 aromatic carbocycles. The van der Waals surface area contributed by atoms with Crippen molar-refractivity contribution >= 4 is 23.1 Å². The lowest BCUT2D eigenvalue weighted by molar-refractivity contribution is 0.994. The van der Waals surface area contributed by atoms with Crippen molar-refractivity contribution < 1.29 is 0 Å². The van der Waals surface area contributed by atoms with E-state index in [1.165, 1.54) is 0 Å². The van der Waals surface area contributed by atoms with Gasteiger partial charge in [-0.05, 0) is 37.6 Å². The molecule has 0 radical (unpaired) electrons. The quantitative estimate of drug-likeness (QED) is 0.831. The summed E-state index contributed by atoms with van der Waals surface area (Å²) in [6.07, 6.45) is 0. The first-order valence-corrected chi connectivity index (χ1v) is 5.90. The molecule has 18 heavy (non-hydrogen) atoms. The highest BCUT2D eigenvalue weighted by molar-refractivity contribution is 6.28. The highest BCUT2D eigenvalue weighted by Gasteiger charge is 2.07. The predicted molar refractivity (Wildman–Crippen MR) is 72.5 cm³/mol. The summed E-state index contributed by atoms with van der Waals surface area (Å²) in [5.74, 6) is 0.538. The van der Waals surface area contributed by atoms with Gasteiger partial charge in [-0.1, -0.05) is 6.07 Å². The Morgan fingerprint density at radius 2 is 2.00 bits per heavy atom. The standard InChI is InChI=1S/C12H14ClN5/c1-7-4-3-5-9(16-7)6-15-11-10(14)8(2)17-12(13)18-11/h3-5H,6,14H2,1-2H3,(H,15,17,18). The Hall–Kier alpha value is -1.88. The molecule has 0 spiro atoms. The second-order valence-electron chi connectivity index (χ2n) is 3.96. The summed E-state index contributed by atoms with van der Waals surface area (Å²) in [6, 6.07) is 5.84. The first kappa shape index (κ1) is 12.6. The number of hydrogen-bond acceptors (Lipinski definition) is 5. The zero-order valence-corrected chi connectivity index (χ0v) is 11.0. The van der Waals surface area contributed by atoms with Crippen molar-refractivity contribution in [1.29, 1.82) is 0 Å². The van der Waals surface area contributed by atoms with E-state index in [1.807, 2.05) is 25.1 Å². The first-order valence-electron chi connectivity index (χ1n) is 5.52. The molecule has 2 aromatic heterocycles. The van der Waals surface area contributed by atoms with Crippen molar-refractivity contribution in [2.75, 3.05) is 11.1 Å². The molecule has 94 valence electrons. The molecule has 0 unspecified atom stereocenters. The van der Waals surface area contributed by atoms with Gasteiger partial charge in [-0.15, -0.1) is 0 Å². The third kappa shape index (κ3) is 2.87. The van der Waals surface area contributed by atoms with E-state index in [1.54, 1.807) is 6.92 Å². The van der Waals surface area contributed by atoms with E-state index in [0.29, 0.717) is 23.7 Å². The van der Waals surface area contributed by atoms with Crippen LogP contribution in [0.25, 0.3) is 0 Å². The van der Waals surface area contributed by atoms with E-state index in [9.17, 15) is 0 Å². The molecule has 6 heteroatoms. The number of aromatic nitrogens is 3. The maximum absolute atomic E-state index is 5.88. The van der Waals surface area contributed by atoms with Gasteiger partial charge in [-0.25, -0.2) is 4.98 Å². The molecule has 3 N–H and O–H groups in total. The minimum atomic E-state index is 0.182. The molecule has 0 saturated heterocycles. The van der Waals surface area contributed by atoms with E-state index >= 15 is 0 Å². The van der Waals surface area contributed by atoms with Gasteiger partial charge in [0.1, 0.15) is 0 Å². The van der Waals surface area contributed by atoms with Gasteiger partial charge in [0.25, 0.3) is 0 Å². The molecule has 0 saturated carbocycles. The largest absolute Gasteiger partial charge is 0.394 e. The molecule has 5 nitrogen and oxygen atoms in total. The number of halogens is 1. The highest BCUT2D eigenvalue weighted by Crippen LogP contribution is 2.20. The van der Waals surface area contributed by atoms with Crippen LogP contribution in [-0.4, -0.2) is 15.0 Å². The van der Waals surface area contributed by atoms with Crippen LogP contribution in [0.4, 0.5) is 11.5 Å². The van der Waals surface area contributed by atoms with Crippen LogP contribution in [0.2, 0.25) is 5.28 Å². The maximum Gasteiger partial charge on any atom is 0.224 e. The number of nitrogen functional groups attached to an aromatic ring is 1. The van der Waals surface area contributed by atoms with E-state index in [4.69, 9.17) is 17.3 Å². The molecule has 0 aliphatic heterocycles. The van der Waals surface area contributed by atoms with Crippen LogP contribution in [0.1, 0.15) is 17.1 Å². The molecular formula is C12H14ClN5. The third-order valence-corrected chi connectivity index (χ3v) is 2.66. The van der Waals surface area contributed by atoms with Crippen molar-refractivity contribution in [2.45, 2.75) is 20.4 Å². The molecule has 2 rings (SSSR count). The lowest BCUT2D eigenvalue weighted by Gasteiger charge is -2.10. The third-order valence-electron chi connectivity index (χ3n) is 2.49. The summed E-state index contributed by atoms with van der Waals surface area (Å²) in [6.45, 7) is 4.28. The molecule has 0 bridgehead atoms. The van der Waals surface area contributed by atoms with E-state index in [2.05, 4.69) is 20.3 Å². The van der Waals surface area contributed by atoms with Crippen LogP contribution in [0, 0.1) is 13.8 Å². The smallest absolute Gasteiger partial charge is 0.224 e. The van der Waals surface area contributed by atoms with Gasteiger partial charge in [0, 0.05) is 5.69 Å². The monoisotopic (exact) mass is 263 g/mol. The Morgan fingerprint density at radius 1 is 1.22 bits per heavy atom. The number of anilines is 2. The number of pyridine rings is 1. The number of nitrogens with two attached hydrogens (primary N) is 1. The number of nitrogens with one attached hydrogen (secondary N) is 1. The zero-order valence-electron chi connectivity index (χ0n) is 10.2. The van der Waals surface area contributed by atoms with Crippen molar-refractivity contribution in [3.05, 3.63) is 40.6 Å². The van der Waals surface area contributed by atoms with Crippen molar-refractivity contribution in [3.63, 3.8) is 0 Å². The average molecular weight is 264 g/mol. The van der Waals surface area contributed by atoms with Crippen LogP contribution in [0.15, 0.2) is 18.2 Å². The number of nitrogens with zero attached hydrogens (tertiary/aromatic N) is 3. The summed E-state index contributed by atoms with van der Waals surface area (Å²) in [5.41, 5.74) is 8.94. The van der Waals surface area contributed by atoms with Gasteiger partial charge >= 0.3 is 0 Å². The second kappa shape index (κ2) is 5.18. The normalized spacial score (nSPS) is 10.4. The van der Waals surface area contributed by atoms with Gasteiger partial charge < -0.3 is 11.1 Å². The van der Waals surface area contributed by atoms with Crippen molar-refractivity contribution in [1.82, 2.24) is 15.0 Å². The van der Waals surface area contributed by atoms with E-state index in [0.717, 1.165) is 11.4 Å². The van der Waals surface area contributed by atoms with Gasteiger partial charge in [-0.2, -0.15) is 4.98 Å². The summed E-state index contributed by atoms with van der Waals surface area (Å²) in [5, 5.41) is 3.30. The zero-order chi connectivity index (χ0) is 13.1. The van der Waals surface area contributed by atoms with Crippen molar-refractivity contribution in [3.8, 4) is 0 Å². The second-order valence-corrected chi connectivity index (χ2v) is 4.30. The Morgan fingerprint density at radius 3 is 2.72 bits per heavy atom. The maximum atomic E-state index is 5.88. The lowest BCUT2D eigenvalue weighted by atomic mass is 10.3. The van der Waals surface area contributed by atoms with Gasteiger partial charge in [-0.3, -0.25) is 4.98 Å². The fourth-order valence-corrected chi connectivity index (χ4v) is 1.77. The Balaban J connectivity index is 2.15. The molecule has 0 fully saturated rings. The number of hydrogen-bond donors (Lipinski definition) is 2. The van der Waals surface area contributed by atoms with E-state index in [-0.39, 0.29) is 5.28 Å². The lowest BCUT2D eigenvalue weighted by Crippen LogP contribution is -2.08. The Bertz CT molecular complexity index is 570. The molecule has 0 atom stereocenters. The SMILES string of the molecule is Cc1cccc(CNc2nc(Cl)nc(C)c2N)n1. The summed E-state index contributed by atoms with van der Waals surface area (Å²) in [4.78, 5) is 12.4. The first-order chi connectivity index (χ1) is 8.56. The minimum absolute atomic E-state index is 0.182. The molecule has 2 heterocycles. The average Bonchev–Trinajstić information content (AvgIpc) is 2.32. The van der Waals surface area contributed by atoms with E-state index < -0.39 is 0 Å². The Kier molecular flexibility index (Phi) is 3.62. The molecule has 0 aliphatic carbocycles. The summed E-state index contributed by atoms with van der Waals surface area (Å²) >= 11 is 5.80. The molecule has 0 amide bonds. The van der Waals surface area contributed by atoms with Crippen LogP contribution in [0.3, 0.4) is 0 Å². The van der Waals surface area contributed by atoms with Crippen molar-refractivity contribution in [2.24, 2.45) is 0 Å². The molecular weight excluding hydrogens is 250 g/mol. The number of rotatable bonds is 3. The van der Waals surface area contributed by atoms with Crippen LogP contribution in [0.5, 0.6) is 0 Å². The summed E-state index contributed by atoms with van der Waals surface area (Å²) < 4.78 is 0. The Labute approximate surface area is 110 Å². The molecule has 2 aromatic rings.